The van der Waals surface area contributed by atoms with E-state index in [1.807, 2.05) is 12.1 Å². The van der Waals surface area contributed by atoms with Crippen molar-refractivity contribution >= 4 is 5.96 Å². The number of benzene rings is 1. The van der Waals surface area contributed by atoms with Crippen LogP contribution in [0.15, 0.2) is 29.3 Å². The molecule has 1 atom stereocenters. The van der Waals surface area contributed by atoms with Crippen LogP contribution < -0.4 is 10.5 Å². The molecule has 0 bridgehead atoms. The summed E-state index contributed by atoms with van der Waals surface area (Å²) >= 11 is 0. The van der Waals surface area contributed by atoms with Crippen molar-refractivity contribution in [3.05, 3.63) is 29.8 Å². The molecule has 0 radical (unpaired) electrons. The van der Waals surface area contributed by atoms with Crippen molar-refractivity contribution in [1.29, 1.82) is 0 Å². The van der Waals surface area contributed by atoms with Crippen molar-refractivity contribution in [2.24, 2.45) is 10.7 Å². The molecule has 3 rings (SSSR count). The van der Waals surface area contributed by atoms with Crippen LogP contribution in [0.1, 0.15) is 25.3 Å². The summed E-state index contributed by atoms with van der Waals surface area (Å²) in [6.45, 7) is 3.06. The third-order valence-electron chi connectivity index (χ3n) is 4.07. The van der Waals surface area contributed by atoms with Gasteiger partial charge in [-0.15, -0.1) is 0 Å². The van der Waals surface area contributed by atoms with Crippen molar-refractivity contribution in [2.75, 3.05) is 13.7 Å². The highest BCUT2D eigenvalue weighted by Crippen LogP contribution is 2.37. The summed E-state index contributed by atoms with van der Waals surface area (Å²) in [5.74, 6) is 1.62. The van der Waals surface area contributed by atoms with Gasteiger partial charge in [0.25, 0.3) is 0 Å². The van der Waals surface area contributed by atoms with Gasteiger partial charge in [0, 0.05) is 6.04 Å². The van der Waals surface area contributed by atoms with Crippen LogP contribution in [-0.2, 0) is 6.42 Å². The van der Waals surface area contributed by atoms with Crippen LogP contribution in [0.4, 0.5) is 0 Å². The monoisotopic (exact) mass is 259 g/mol. The van der Waals surface area contributed by atoms with E-state index in [1.54, 1.807) is 7.11 Å². The first kappa shape index (κ1) is 12.3. The predicted molar refractivity (Wildman–Crippen MR) is 76.5 cm³/mol. The summed E-state index contributed by atoms with van der Waals surface area (Å²) in [6.07, 6.45) is 3.46. The van der Waals surface area contributed by atoms with Gasteiger partial charge < -0.3 is 15.4 Å². The summed E-state index contributed by atoms with van der Waals surface area (Å²) in [5.41, 5.74) is 7.38. The molecule has 1 fully saturated rings. The van der Waals surface area contributed by atoms with E-state index in [0.29, 0.717) is 6.04 Å². The lowest BCUT2D eigenvalue weighted by Gasteiger charge is -2.36. The number of hydrogen-bond donors (Lipinski definition) is 1. The van der Waals surface area contributed by atoms with Gasteiger partial charge >= 0.3 is 0 Å². The summed E-state index contributed by atoms with van der Waals surface area (Å²) < 4.78 is 5.20. The molecular weight excluding hydrogens is 238 g/mol. The number of guanidine groups is 1. The molecular formula is C15H21N3O. The van der Waals surface area contributed by atoms with Crippen LogP contribution in [0.3, 0.4) is 0 Å². The third kappa shape index (κ3) is 2.27. The van der Waals surface area contributed by atoms with Crippen LogP contribution >= 0.6 is 0 Å². The Hall–Kier alpha value is -1.71. The van der Waals surface area contributed by atoms with Crippen molar-refractivity contribution in [3.8, 4) is 5.75 Å². The first-order valence-corrected chi connectivity index (χ1v) is 6.84. The molecule has 4 nitrogen and oxygen atoms in total. The summed E-state index contributed by atoms with van der Waals surface area (Å²) in [6, 6.07) is 8.89. The van der Waals surface area contributed by atoms with Gasteiger partial charge in [-0.2, -0.15) is 0 Å². The Labute approximate surface area is 114 Å². The quantitative estimate of drug-likeness (QED) is 0.897. The molecule has 0 aromatic heterocycles. The molecule has 0 spiro atoms. The number of nitrogens with two attached hydrogens (primary N) is 1. The molecule has 1 saturated carbocycles. The summed E-state index contributed by atoms with van der Waals surface area (Å²) in [5, 5.41) is 0. The van der Waals surface area contributed by atoms with Crippen LogP contribution in [0, 0.1) is 0 Å². The number of ether oxygens (including phenoxy) is 1. The van der Waals surface area contributed by atoms with E-state index >= 15 is 0 Å². The number of rotatable bonds is 4. The maximum Gasteiger partial charge on any atom is 0.192 e. The van der Waals surface area contributed by atoms with Crippen molar-refractivity contribution in [1.82, 2.24) is 4.90 Å². The summed E-state index contributed by atoms with van der Waals surface area (Å²) in [7, 11) is 1.69. The zero-order valence-electron chi connectivity index (χ0n) is 11.6. The highest BCUT2D eigenvalue weighted by Gasteiger charge is 2.45. The molecule has 19 heavy (non-hydrogen) atoms. The van der Waals surface area contributed by atoms with Gasteiger partial charge in [-0.25, -0.2) is 0 Å². The first-order chi connectivity index (χ1) is 9.12. The maximum atomic E-state index is 6.05. The van der Waals surface area contributed by atoms with Gasteiger partial charge in [-0.05, 0) is 43.9 Å². The van der Waals surface area contributed by atoms with Gasteiger partial charge in [0.2, 0.25) is 0 Å². The number of nitrogens with zero attached hydrogens (tertiary/aromatic N) is 2. The molecule has 2 aliphatic rings. The van der Waals surface area contributed by atoms with Crippen molar-refractivity contribution in [3.63, 3.8) is 0 Å². The largest absolute Gasteiger partial charge is 0.497 e. The number of methoxy groups -OCH3 is 1. The van der Waals surface area contributed by atoms with Crippen LogP contribution in [-0.4, -0.2) is 36.1 Å². The Morgan fingerprint density at radius 3 is 2.63 bits per heavy atom. The van der Waals surface area contributed by atoms with E-state index in [9.17, 15) is 0 Å². The maximum absolute atomic E-state index is 6.05. The van der Waals surface area contributed by atoms with Crippen LogP contribution in [0.5, 0.6) is 5.75 Å². The van der Waals surface area contributed by atoms with E-state index in [2.05, 4.69) is 28.9 Å². The lowest BCUT2D eigenvalue weighted by Crippen LogP contribution is -2.52. The van der Waals surface area contributed by atoms with E-state index in [-0.39, 0.29) is 5.54 Å². The molecule has 1 heterocycles. The highest BCUT2D eigenvalue weighted by atomic mass is 16.5. The second kappa shape index (κ2) is 4.44. The molecule has 1 aliphatic heterocycles. The Kier molecular flexibility index (Phi) is 2.88. The second-order valence-corrected chi connectivity index (χ2v) is 5.80. The lowest BCUT2D eigenvalue weighted by molar-refractivity contribution is 0.212. The molecule has 2 N–H and O–H groups in total. The number of hydrogen-bond acceptors (Lipinski definition) is 4. The minimum atomic E-state index is 0.0276. The average Bonchev–Trinajstić information content (AvgIpc) is 3.18. The standard InChI is InChI=1S/C15H21N3O/c1-15(9-11-3-7-13(19-2)8-4-11)10-17-14(16)18(15)12-5-6-12/h3-4,7-8,12H,5-6,9-10H2,1-2H3,(H2,16,17). The van der Waals surface area contributed by atoms with Gasteiger partial charge in [-0.1, -0.05) is 12.1 Å². The van der Waals surface area contributed by atoms with E-state index in [1.165, 1.54) is 18.4 Å². The fraction of sp³-hybridized carbons (Fsp3) is 0.533. The van der Waals surface area contributed by atoms with Gasteiger partial charge in [0.1, 0.15) is 5.75 Å². The normalized spacial score (nSPS) is 26.4. The second-order valence-electron chi connectivity index (χ2n) is 5.80. The Balaban J connectivity index is 1.77. The molecule has 1 unspecified atom stereocenters. The van der Waals surface area contributed by atoms with Gasteiger partial charge in [0.15, 0.2) is 5.96 Å². The highest BCUT2D eigenvalue weighted by molar-refractivity contribution is 5.81. The molecule has 0 amide bonds. The number of aliphatic imine (C=N–C) groups is 1. The van der Waals surface area contributed by atoms with E-state index < -0.39 is 0 Å². The molecule has 1 aliphatic carbocycles. The summed E-state index contributed by atoms with van der Waals surface area (Å²) in [4.78, 5) is 6.79. The van der Waals surface area contributed by atoms with Crippen LogP contribution in [0.2, 0.25) is 0 Å². The Morgan fingerprint density at radius 1 is 1.37 bits per heavy atom. The smallest absolute Gasteiger partial charge is 0.192 e. The SMILES string of the molecule is COc1ccc(CC2(C)CN=C(N)N2C2CC2)cc1. The van der Waals surface area contributed by atoms with Gasteiger partial charge in [-0.3, -0.25) is 4.99 Å². The fourth-order valence-electron chi connectivity index (χ4n) is 2.96. The minimum absolute atomic E-state index is 0.0276. The lowest BCUT2D eigenvalue weighted by atomic mass is 9.91. The minimum Gasteiger partial charge on any atom is -0.497 e. The molecule has 0 saturated heterocycles. The fourth-order valence-corrected chi connectivity index (χ4v) is 2.96. The first-order valence-electron chi connectivity index (χ1n) is 6.84. The zero-order valence-corrected chi connectivity index (χ0v) is 11.6. The van der Waals surface area contributed by atoms with Crippen LogP contribution in [0.25, 0.3) is 0 Å². The topological polar surface area (TPSA) is 50.9 Å². The predicted octanol–water partition coefficient (Wildman–Crippen LogP) is 1.79. The average molecular weight is 259 g/mol. The zero-order chi connectivity index (χ0) is 13.5. The van der Waals surface area contributed by atoms with Crippen molar-refractivity contribution < 1.29 is 4.74 Å². The third-order valence-corrected chi connectivity index (χ3v) is 4.07. The molecule has 1 aromatic rings. The Morgan fingerprint density at radius 2 is 2.05 bits per heavy atom. The molecule has 4 heteroatoms. The Bertz CT molecular complexity index is 493. The van der Waals surface area contributed by atoms with Crippen molar-refractivity contribution in [2.45, 2.75) is 37.8 Å². The van der Waals surface area contributed by atoms with E-state index in [0.717, 1.165) is 24.7 Å². The molecule has 1 aromatic carbocycles. The van der Waals surface area contributed by atoms with Gasteiger partial charge in [0.05, 0.1) is 19.2 Å². The van der Waals surface area contributed by atoms with E-state index in [4.69, 9.17) is 10.5 Å². The molecule has 102 valence electrons.